The lowest BCUT2D eigenvalue weighted by molar-refractivity contribution is 0.0690. The van der Waals surface area contributed by atoms with Crippen molar-refractivity contribution in [1.82, 2.24) is 4.98 Å². The van der Waals surface area contributed by atoms with E-state index in [1.54, 1.807) is 0 Å². The van der Waals surface area contributed by atoms with Crippen LogP contribution in [-0.4, -0.2) is 37.8 Å². The largest absolute Gasteiger partial charge is 0.477 e. The van der Waals surface area contributed by atoms with Crippen LogP contribution in [0.4, 0.5) is 5.69 Å². The first-order valence-electron chi connectivity index (χ1n) is 3.95. The molecule has 6 nitrogen and oxygen atoms in total. The summed E-state index contributed by atoms with van der Waals surface area (Å²) >= 11 is 0. The maximum absolute atomic E-state index is 11.1. The number of carboxylic acid groups (broad SMARTS) is 1. The summed E-state index contributed by atoms with van der Waals surface area (Å²) in [7, 11) is -1.98. The molecule has 82 valence electrons. The molecule has 0 saturated carbocycles. The Morgan fingerprint density at radius 2 is 2.07 bits per heavy atom. The number of carbonyl (C=O) groups is 1. The molecule has 0 spiro atoms. The van der Waals surface area contributed by atoms with Gasteiger partial charge >= 0.3 is 5.97 Å². The Morgan fingerprint density at radius 3 is 2.40 bits per heavy atom. The van der Waals surface area contributed by atoms with Crippen LogP contribution in [0.5, 0.6) is 0 Å². The molecule has 0 amide bonds. The number of aromatic carboxylic acids is 1. The van der Waals surface area contributed by atoms with E-state index in [0.29, 0.717) is 5.69 Å². The summed E-state index contributed by atoms with van der Waals surface area (Å²) in [5.74, 6) is -1.15. The topological polar surface area (TPSA) is 87.6 Å². The van der Waals surface area contributed by atoms with E-state index in [-0.39, 0.29) is 5.69 Å². The van der Waals surface area contributed by atoms with E-state index in [2.05, 4.69) is 4.98 Å². The number of pyridine rings is 1. The molecule has 0 saturated heterocycles. The maximum Gasteiger partial charge on any atom is 0.354 e. The molecule has 1 aromatic heterocycles. The molecule has 1 rings (SSSR count). The average Bonchev–Trinajstić information content (AvgIpc) is 2.15. The second kappa shape index (κ2) is 3.85. The number of nitrogens with zero attached hydrogens (tertiary/aromatic N) is 2. The highest BCUT2D eigenvalue weighted by atomic mass is 32.2. The summed E-state index contributed by atoms with van der Waals surface area (Å²) < 4.78 is 23.3. The van der Waals surface area contributed by atoms with E-state index in [9.17, 15) is 13.2 Å². The van der Waals surface area contributed by atoms with Gasteiger partial charge in [-0.2, -0.15) is 0 Å². The van der Waals surface area contributed by atoms with Crippen molar-refractivity contribution >= 4 is 21.7 Å². The first-order chi connectivity index (χ1) is 6.82. The second-order valence-electron chi connectivity index (χ2n) is 2.94. The van der Waals surface area contributed by atoms with Crippen LogP contribution in [0.1, 0.15) is 10.5 Å². The third kappa shape index (κ3) is 2.66. The molecule has 0 aliphatic heterocycles. The van der Waals surface area contributed by atoms with Gasteiger partial charge in [0.2, 0.25) is 10.0 Å². The van der Waals surface area contributed by atoms with E-state index in [0.717, 1.165) is 10.6 Å². The van der Waals surface area contributed by atoms with Crippen molar-refractivity contribution in [2.75, 3.05) is 17.6 Å². The Labute approximate surface area is 87.2 Å². The van der Waals surface area contributed by atoms with Crippen LogP contribution in [0, 0.1) is 0 Å². The standard InChI is InChI=1S/C8H10N2O4S/c1-10(15(2,13)14)6-3-4-7(8(11)12)9-5-6/h3-5H,1-2H3,(H,11,12). The predicted molar refractivity (Wildman–Crippen MR) is 54.4 cm³/mol. The highest BCUT2D eigenvalue weighted by molar-refractivity contribution is 7.92. The summed E-state index contributed by atoms with van der Waals surface area (Å²) in [6.45, 7) is 0. The molecule has 1 N–H and O–H groups in total. The fraction of sp³-hybridized carbons (Fsp3) is 0.250. The van der Waals surface area contributed by atoms with Gasteiger partial charge in [0.1, 0.15) is 5.69 Å². The van der Waals surface area contributed by atoms with Crippen molar-refractivity contribution in [3.8, 4) is 0 Å². The zero-order valence-corrected chi connectivity index (χ0v) is 9.02. The normalized spacial score (nSPS) is 11.1. The number of rotatable bonds is 3. The van der Waals surface area contributed by atoms with E-state index >= 15 is 0 Å². The number of sulfonamides is 1. The Morgan fingerprint density at radius 1 is 1.47 bits per heavy atom. The molecule has 7 heteroatoms. The molecule has 0 aromatic carbocycles. The van der Waals surface area contributed by atoms with Crippen LogP contribution in [0.25, 0.3) is 0 Å². The monoisotopic (exact) mass is 230 g/mol. The molecule has 0 aliphatic carbocycles. The Bertz CT molecular complexity index is 466. The smallest absolute Gasteiger partial charge is 0.354 e. The number of hydrogen-bond donors (Lipinski definition) is 1. The van der Waals surface area contributed by atoms with Crippen molar-refractivity contribution < 1.29 is 18.3 Å². The fourth-order valence-electron chi connectivity index (χ4n) is 0.890. The van der Waals surface area contributed by atoms with Crippen LogP contribution in [-0.2, 0) is 10.0 Å². The van der Waals surface area contributed by atoms with Gasteiger partial charge in [0.15, 0.2) is 0 Å². The second-order valence-corrected chi connectivity index (χ2v) is 4.95. The predicted octanol–water partition coefficient (Wildman–Crippen LogP) is 0.176. The summed E-state index contributed by atoms with van der Waals surface area (Å²) in [6.07, 6.45) is 2.25. The Hall–Kier alpha value is -1.63. The highest BCUT2D eigenvalue weighted by Gasteiger charge is 2.12. The third-order valence-electron chi connectivity index (χ3n) is 1.83. The molecular formula is C8H10N2O4S. The fourth-order valence-corrected chi connectivity index (χ4v) is 1.38. The number of anilines is 1. The summed E-state index contributed by atoms with van der Waals surface area (Å²) in [5.41, 5.74) is 0.197. The Balaban J connectivity index is 3.05. The SMILES string of the molecule is CN(c1ccc(C(=O)O)nc1)S(C)(=O)=O. The van der Waals surface area contributed by atoms with E-state index in [1.165, 1.54) is 25.4 Å². The molecule has 1 heterocycles. The van der Waals surface area contributed by atoms with Gasteiger partial charge < -0.3 is 5.11 Å². The molecule has 1 aromatic rings. The molecule has 0 aliphatic rings. The van der Waals surface area contributed by atoms with Crippen LogP contribution >= 0.6 is 0 Å². The quantitative estimate of drug-likeness (QED) is 0.800. The zero-order chi connectivity index (χ0) is 11.6. The lowest BCUT2D eigenvalue weighted by Crippen LogP contribution is -2.25. The van der Waals surface area contributed by atoms with E-state index < -0.39 is 16.0 Å². The van der Waals surface area contributed by atoms with Gasteiger partial charge in [-0.25, -0.2) is 18.2 Å². The summed E-state index contributed by atoms with van der Waals surface area (Å²) in [5, 5.41) is 8.58. The van der Waals surface area contributed by atoms with E-state index in [1.807, 2.05) is 0 Å². The summed E-state index contributed by atoms with van der Waals surface area (Å²) in [4.78, 5) is 14.1. The van der Waals surface area contributed by atoms with Crippen molar-refractivity contribution in [3.05, 3.63) is 24.0 Å². The maximum atomic E-state index is 11.1. The first-order valence-corrected chi connectivity index (χ1v) is 5.80. The molecular weight excluding hydrogens is 220 g/mol. The average molecular weight is 230 g/mol. The molecule has 0 fully saturated rings. The zero-order valence-electron chi connectivity index (χ0n) is 8.21. The highest BCUT2D eigenvalue weighted by Crippen LogP contribution is 2.13. The van der Waals surface area contributed by atoms with Gasteiger partial charge in [-0.05, 0) is 12.1 Å². The first kappa shape index (κ1) is 11.4. The van der Waals surface area contributed by atoms with E-state index in [4.69, 9.17) is 5.11 Å². The van der Waals surface area contributed by atoms with Crippen LogP contribution < -0.4 is 4.31 Å². The molecule has 0 radical (unpaired) electrons. The van der Waals surface area contributed by atoms with Gasteiger partial charge in [-0.3, -0.25) is 4.31 Å². The molecule has 15 heavy (non-hydrogen) atoms. The molecule has 0 atom stereocenters. The van der Waals surface area contributed by atoms with Gasteiger partial charge in [0, 0.05) is 7.05 Å². The van der Waals surface area contributed by atoms with Crippen molar-refractivity contribution in [2.24, 2.45) is 0 Å². The molecule has 0 bridgehead atoms. The van der Waals surface area contributed by atoms with Gasteiger partial charge in [0.25, 0.3) is 0 Å². The van der Waals surface area contributed by atoms with Crippen molar-refractivity contribution in [3.63, 3.8) is 0 Å². The number of aromatic nitrogens is 1. The van der Waals surface area contributed by atoms with Gasteiger partial charge in [-0.1, -0.05) is 0 Å². The molecule has 0 unspecified atom stereocenters. The van der Waals surface area contributed by atoms with Crippen LogP contribution in [0.2, 0.25) is 0 Å². The lowest BCUT2D eigenvalue weighted by Gasteiger charge is -2.15. The number of hydrogen-bond acceptors (Lipinski definition) is 4. The summed E-state index contributed by atoms with van der Waals surface area (Å²) in [6, 6.07) is 2.64. The minimum absolute atomic E-state index is 0.124. The van der Waals surface area contributed by atoms with Crippen molar-refractivity contribution in [1.29, 1.82) is 0 Å². The minimum atomic E-state index is -3.34. The van der Waals surface area contributed by atoms with Crippen LogP contribution in [0.15, 0.2) is 18.3 Å². The minimum Gasteiger partial charge on any atom is -0.477 e. The van der Waals surface area contributed by atoms with Gasteiger partial charge in [0.05, 0.1) is 18.1 Å². The van der Waals surface area contributed by atoms with Crippen LogP contribution in [0.3, 0.4) is 0 Å². The van der Waals surface area contributed by atoms with Gasteiger partial charge in [-0.15, -0.1) is 0 Å². The third-order valence-corrected chi connectivity index (χ3v) is 3.03. The van der Waals surface area contributed by atoms with Crippen molar-refractivity contribution in [2.45, 2.75) is 0 Å². The Kier molecular flexibility index (Phi) is 2.94. The number of carboxylic acids is 1. The lowest BCUT2D eigenvalue weighted by atomic mass is 10.3.